The normalized spacial score (nSPS) is 12.1. The molecule has 11 nitrogen and oxygen atoms in total. The van der Waals surface area contributed by atoms with Crippen molar-refractivity contribution in [2.24, 2.45) is 0 Å². The molecule has 0 saturated carbocycles. The van der Waals surface area contributed by atoms with Gasteiger partial charge in [-0.25, -0.2) is 35.4 Å². The Balaban J connectivity index is 1.87. The maximum atomic E-state index is 14.8. The summed E-state index contributed by atoms with van der Waals surface area (Å²) in [5.41, 5.74) is 1.73. The third kappa shape index (κ3) is 7.93. The fourth-order valence-corrected chi connectivity index (χ4v) is 6.62. The van der Waals surface area contributed by atoms with Crippen LogP contribution in [0.4, 0.5) is 8.78 Å². The second-order valence-electron chi connectivity index (χ2n) is 8.25. The molecule has 0 aliphatic rings. The number of halogens is 3. The molecule has 0 atom stereocenters. The zero-order chi connectivity index (χ0) is 29.5. The number of pyridine rings is 1. The molecular weight excluding hydrogens is 594 g/mol. The number of rotatable bonds is 13. The Bertz CT molecular complexity index is 1520. The van der Waals surface area contributed by atoms with Gasteiger partial charge in [-0.2, -0.15) is 4.31 Å². The van der Waals surface area contributed by atoms with Crippen molar-refractivity contribution in [3.63, 3.8) is 0 Å². The minimum Gasteiger partial charge on any atom is -0.451 e. The van der Waals surface area contributed by atoms with Crippen molar-refractivity contribution < 1.29 is 40.4 Å². The second kappa shape index (κ2) is 13.4. The highest BCUT2D eigenvalue weighted by molar-refractivity contribution is 7.89. The fraction of sp³-hybridized carbons (Fsp3) is 0.250. The van der Waals surface area contributed by atoms with Crippen LogP contribution in [-0.2, 0) is 30.6 Å². The molecule has 3 rings (SSSR count). The van der Waals surface area contributed by atoms with Crippen molar-refractivity contribution in [2.75, 3.05) is 26.2 Å². The van der Waals surface area contributed by atoms with E-state index in [4.69, 9.17) is 21.5 Å². The maximum absolute atomic E-state index is 14.8. The standard InChI is InChI=1S/C24H25ClF2N4O7S2/c1-2-30(39(34,35)16-17-7-9-28-10-8-17)11-12-31(15-23(32)29-33)40(36,37)20-13-21(26)24(22(27)14-20)38-19-5-3-18(25)4-6-19/h3-10,13-14,33H,2,11-12,15-16H2,1H3,(H,29,32). The van der Waals surface area contributed by atoms with E-state index in [1.54, 1.807) is 0 Å². The van der Waals surface area contributed by atoms with E-state index in [0.717, 1.165) is 4.31 Å². The molecule has 1 heterocycles. The number of sulfonamides is 2. The van der Waals surface area contributed by atoms with E-state index < -0.39 is 73.6 Å². The van der Waals surface area contributed by atoms with Gasteiger partial charge in [-0.05, 0) is 54.1 Å². The zero-order valence-electron chi connectivity index (χ0n) is 21.0. The molecule has 0 saturated heterocycles. The minimum atomic E-state index is -4.78. The van der Waals surface area contributed by atoms with Crippen LogP contribution in [0.15, 0.2) is 65.8 Å². The van der Waals surface area contributed by atoms with Crippen LogP contribution < -0.4 is 10.2 Å². The molecule has 1 amide bonds. The van der Waals surface area contributed by atoms with Gasteiger partial charge in [-0.3, -0.25) is 15.0 Å². The van der Waals surface area contributed by atoms with Crippen LogP contribution in [0.2, 0.25) is 5.02 Å². The summed E-state index contributed by atoms with van der Waals surface area (Å²) in [6.07, 6.45) is 2.85. The van der Waals surface area contributed by atoms with E-state index in [1.165, 1.54) is 61.2 Å². The Hall–Kier alpha value is -3.21. The van der Waals surface area contributed by atoms with Crippen LogP contribution in [0.1, 0.15) is 12.5 Å². The fourth-order valence-electron chi connectivity index (χ4n) is 3.53. The van der Waals surface area contributed by atoms with Gasteiger partial charge >= 0.3 is 0 Å². The van der Waals surface area contributed by atoms with Gasteiger partial charge < -0.3 is 4.74 Å². The van der Waals surface area contributed by atoms with Gasteiger partial charge in [0.25, 0.3) is 5.91 Å². The lowest BCUT2D eigenvalue weighted by molar-refractivity contribution is -0.129. The molecule has 0 unspecified atom stereocenters. The number of aromatic nitrogens is 1. The minimum absolute atomic E-state index is 0.0340. The Morgan fingerprint density at radius 1 is 1.00 bits per heavy atom. The van der Waals surface area contributed by atoms with E-state index in [0.29, 0.717) is 27.0 Å². The van der Waals surface area contributed by atoms with Crippen LogP contribution in [-0.4, -0.2) is 67.7 Å². The maximum Gasteiger partial charge on any atom is 0.258 e. The number of hydrogen-bond acceptors (Lipinski definition) is 8. The average Bonchev–Trinajstić information content (AvgIpc) is 2.91. The van der Waals surface area contributed by atoms with Crippen LogP contribution in [0.25, 0.3) is 0 Å². The first-order chi connectivity index (χ1) is 18.9. The number of amides is 1. The number of likely N-dealkylation sites (N-methyl/N-ethyl adjacent to an activating group) is 1. The number of benzene rings is 2. The third-order valence-electron chi connectivity index (χ3n) is 5.53. The largest absolute Gasteiger partial charge is 0.451 e. The molecule has 0 radical (unpaired) electrons. The number of hydrogen-bond donors (Lipinski definition) is 2. The van der Waals surface area contributed by atoms with Gasteiger partial charge in [0.15, 0.2) is 17.4 Å². The first-order valence-corrected chi connectivity index (χ1v) is 15.0. The van der Waals surface area contributed by atoms with Crippen LogP contribution in [0, 0.1) is 11.6 Å². The first-order valence-electron chi connectivity index (χ1n) is 11.6. The second-order valence-corrected chi connectivity index (χ2v) is 12.6. The predicted octanol–water partition coefficient (Wildman–Crippen LogP) is 3.15. The summed E-state index contributed by atoms with van der Waals surface area (Å²) >= 11 is 5.78. The zero-order valence-corrected chi connectivity index (χ0v) is 23.4. The van der Waals surface area contributed by atoms with Gasteiger partial charge in [0, 0.05) is 37.1 Å². The van der Waals surface area contributed by atoms with E-state index in [-0.39, 0.29) is 12.3 Å². The van der Waals surface area contributed by atoms with Crippen molar-refractivity contribution in [1.29, 1.82) is 0 Å². The monoisotopic (exact) mass is 618 g/mol. The molecule has 0 bridgehead atoms. The molecule has 0 fully saturated rings. The Morgan fingerprint density at radius 2 is 1.57 bits per heavy atom. The number of ether oxygens (including phenoxy) is 1. The molecule has 2 N–H and O–H groups in total. The van der Waals surface area contributed by atoms with Gasteiger partial charge in [0.05, 0.1) is 17.2 Å². The molecule has 16 heteroatoms. The summed E-state index contributed by atoms with van der Waals surface area (Å²) < 4.78 is 88.9. The number of hydroxylamine groups is 1. The molecule has 40 heavy (non-hydrogen) atoms. The van der Waals surface area contributed by atoms with Gasteiger partial charge in [0.2, 0.25) is 20.0 Å². The first kappa shape index (κ1) is 31.3. The van der Waals surface area contributed by atoms with Crippen molar-refractivity contribution in [3.05, 3.63) is 83.1 Å². The lowest BCUT2D eigenvalue weighted by atomic mass is 10.3. The smallest absolute Gasteiger partial charge is 0.258 e. The highest BCUT2D eigenvalue weighted by Gasteiger charge is 2.31. The summed E-state index contributed by atoms with van der Waals surface area (Å²) in [6.45, 7) is -0.440. The van der Waals surface area contributed by atoms with Crippen LogP contribution in [0.5, 0.6) is 11.5 Å². The van der Waals surface area contributed by atoms with E-state index in [9.17, 15) is 30.4 Å². The summed E-state index contributed by atoms with van der Waals surface area (Å²) in [5.74, 6) is -5.09. The average molecular weight is 619 g/mol. The lowest BCUT2D eigenvalue weighted by Gasteiger charge is -2.26. The SMILES string of the molecule is CCN(CCN(CC(=O)NO)S(=O)(=O)c1cc(F)c(Oc2ccc(Cl)cc2)c(F)c1)S(=O)(=O)Cc1ccncc1. The highest BCUT2D eigenvalue weighted by atomic mass is 35.5. The highest BCUT2D eigenvalue weighted by Crippen LogP contribution is 2.31. The third-order valence-corrected chi connectivity index (χ3v) is 9.53. The number of carbonyl (C=O) groups is 1. The van der Waals surface area contributed by atoms with Crippen LogP contribution >= 0.6 is 11.6 Å². The summed E-state index contributed by atoms with van der Waals surface area (Å²) in [7, 11) is -8.70. The summed E-state index contributed by atoms with van der Waals surface area (Å²) in [5, 5.41) is 9.30. The quantitative estimate of drug-likeness (QED) is 0.219. The van der Waals surface area contributed by atoms with Gasteiger partial charge in [-0.15, -0.1) is 0 Å². The Kier molecular flexibility index (Phi) is 10.5. The molecule has 0 aliphatic carbocycles. The number of carbonyl (C=O) groups excluding carboxylic acids is 1. The van der Waals surface area contributed by atoms with E-state index in [1.807, 2.05) is 0 Å². The van der Waals surface area contributed by atoms with E-state index >= 15 is 0 Å². The molecular formula is C24H25ClF2N4O7S2. The van der Waals surface area contributed by atoms with Crippen molar-refractivity contribution >= 4 is 37.6 Å². The predicted molar refractivity (Wildman–Crippen MR) is 141 cm³/mol. The Labute approximate surface area is 235 Å². The molecule has 1 aromatic heterocycles. The molecule has 3 aromatic rings. The number of nitrogens with zero attached hydrogens (tertiary/aromatic N) is 3. The van der Waals surface area contributed by atoms with Crippen molar-refractivity contribution in [1.82, 2.24) is 19.1 Å². The van der Waals surface area contributed by atoms with Gasteiger partial charge in [-0.1, -0.05) is 18.5 Å². The summed E-state index contributed by atoms with van der Waals surface area (Å²) in [6, 6.07) is 9.58. The lowest BCUT2D eigenvalue weighted by Crippen LogP contribution is -2.45. The van der Waals surface area contributed by atoms with Crippen molar-refractivity contribution in [2.45, 2.75) is 17.6 Å². The topological polar surface area (TPSA) is 146 Å². The molecule has 0 aliphatic heterocycles. The van der Waals surface area contributed by atoms with E-state index in [2.05, 4.69) is 4.98 Å². The summed E-state index contributed by atoms with van der Waals surface area (Å²) in [4.78, 5) is 14.9. The number of nitrogens with one attached hydrogen (secondary N) is 1. The van der Waals surface area contributed by atoms with Gasteiger partial charge in [0.1, 0.15) is 5.75 Å². The molecule has 2 aromatic carbocycles. The molecule has 216 valence electrons. The molecule has 0 spiro atoms. The van der Waals surface area contributed by atoms with Crippen molar-refractivity contribution in [3.8, 4) is 11.5 Å². The Morgan fingerprint density at radius 3 is 2.12 bits per heavy atom. The van der Waals surface area contributed by atoms with Crippen LogP contribution in [0.3, 0.4) is 0 Å².